The highest BCUT2D eigenvalue weighted by atomic mass is 16.5. The Morgan fingerprint density at radius 2 is 1.81 bits per heavy atom. The summed E-state index contributed by atoms with van der Waals surface area (Å²) in [6, 6.07) is 8.98. The first-order chi connectivity index (χ1) is 17.3. The average molecular weight is 514 g/mol. The molecule has 0 aromatic heterocycles. The van der Waals surface area contributed by atoms with Gasteiger partial charge >= 0.3 is 5.97 Å². The van der Waals surface area contributed by atoms with Crippen LogP contribution in [-0.4, -0.2) is 73.0 Å². The van der Waals surface area contributed by atoms with Gasteiger partial charge in [-0.15, -0.1) is 0 Å². The van der Waals surface area contributed by atoms with Crippen LogP contribution in [0.25, 0.3) is 0 Å². The van der Waals surface area contributed by atoms with Crippen molar-refractivity contribution >= 4 is 17.8 Å². The first-order valence-electron chi connectivity index (χ1n) is 13.5. The Kier molecular flexibility index (Phi) is 10.9. The number of amides is 2. The number of benzene rings is 1. The van der Waals surface area contributed by atoms with Crippen LogP contribution in [0, 0.1) is 11.3 Å². The van der Waals surface area contributed by atoms with Crippen molar-refractivity contribution < 1.29 is 19.1 Å². The Bertz CT molecular complexity index is 951. The van der Waals surface area contributed by atoms with Crippen LogP contribution in [0.2, 0.25) is 0 Å². The quantitative estimate of drug-likeness (QED) is 0.391. The molecular weight excluding hydrogens is 466 g/mol. The molecule has 2 amide bonds. The fourth-order valence-corrected chi connectivity index (χ4v) is 4.98. The lowest BCUT2D eigenvalue weighted by atomic mass is 9.83. The maximum absolute atomic E-state index is 13.9. The zero-order valence-electron chi connectivity index (χ0n) is 24.2. The number of piperidine rings is 1. The molecule has 0 spiro atoms. The third-order valence-corrected chi connectivity index (χ3v) is 7.34. The van der Waals surface area contributed by atoms with Crippen LogP contribution in [0.15, 0.2) is 42.0 Å². The number of likely N-dealkylation sites (tertiary alicyclic amines) is 1. The van der Waals surface area contributed by atoms with Gasteiger partial charge in [0.1, 0.15) is 6.04 Å². The minimum absolute atomic E-state index is 0.0609. The van der Waals surface area contributed by atoms with E-state index in [-0.39, 0.29) is 35.8 Å². The molecule has 1 aliphatic rings. The van der Waals surface area contributed by atoms with E-state index in [1.807, 2.05) is 59.9 Å². The van der Waals surface area contributed by atoms with Crippen LogP contribution < -0.4 is 5.32 Å². The molecular formula is C30H47N3O4. The van der Waals surface area contributed by atoms with Crippen molar-refractivity contribution in [3.05, 3.63) is 47.5 Å². The van der Waals surface area contributed by atoms with Crippen molar-refractivity contribution in [1.82, 2.24) is 15.1 Å². The number of hydrogen-bond donors (Lipinski definition) is 1. The van der Waals surface area contributed by atoms with Gasteiger partial charge in [-0.25, -0.2) is 4.79 Å². The molecule has 1 saturated heterocycles. The molecule has 37 heavy (non-hydrogen) atoms. The molecule has 1 aliphatic heterocycles. The van der Waals surface area contributed by atoms with Gasteiger partial charge in [-0.05, 0) is 63.1 Å². The number of ether oxygens (including phenoxy) is 1. The van der Waals surface area contributed by atoms with E-state index in [1.165, 1.54) is 5.56 Å². The number of esters is 1. The third kappa shape index (κ3) is 8.16. The molecule has 4 atom stereocenters. The highest BCUT2D eigenvalue weighted by Gasteiger charge is 2.40. The monoisotopic (exact) mass is 513 g/mol. The second-order valence-electron chi connectivity index (χ2n) is 11.7. The molecule has 206 valence electrons. The standard InChI is InChI=1S/C30H47N3O4/c1-10-37-29(36)21(4)18-24(20(2)3)33(9)28(35)26(30(5,6)7)31-27(34)25-19-23(16-17-32(25)8)22-14-12-11-13-15-22/h11-15,18,20,23-26H,10,16-17,19H2,1-9H3,(H,31,34)/b21-18+/t23?,24-,25?,26?/m1/s1. The Labute approximate surface area is 223 Å². The van der Waals surface area contributed by atoms with Gasteiger partial charge in [-0.1, -0.05) is 71.0 Å². The molecule has 1 fully saturated rings. The smallest absolute Gasteiger partial charge is 0.333 e. The molecule has 2 rings (SSSR count). The minimum Gasteiger partial charge on any atom is -0.463 e. The fraction of sp³-hybridized carbons (Fsp3) is 0.633. The molecule has 3 unspecified atom stereocenters. The van der Waals surface area contributed by atoms with Crippen LogP contribution in [-0.2, 0) is 19.1 Å². The van der Waals surface area contributed by atoms with Crippen molar-refractivity contribution in [1.29, 1.82) is 0 Å². The van der Waals surface area contributed by atoms with Gasteiger partial charge in [0.05, 0.1) is 18.7 Å². The second-order valence-corrected chi connectivity index (χ2v) is 11.7. The van der Waals surface area contributed by atoms with Crippen molar-refractivity contribution in [2.75, 3.05) is 27.2 Å². The lowest BCUT2D eigenvalue weighted by molar-refractivity contribution is -0.142. The average Bonchev–Trinajstić information content (AvgIpc) is 2.84. The largest absolute Gasteiger partial charge is 0.463 e. The van der Waals surface area contributed by atoms with E-state index >= 15 is 0 Å². The number of hydrogen-bond acceptors (Lipinski definition) is 5. The van der Waals surface area contributed by atoms with E-state index in [0.29, 0.717) is 24.5 Å². The van der Waals surface area contributed by atoms with Crippen molar-refractivity contribution in [2.24, 2.45) is 11.3 Å². The van der Waals surface area contributed by atoms with E-state index in [1.54, 1.807) is 31.9 Å². The van der Waals surface area contributed by atoms with Gasteiger partial charge in [0.2, 0.25) is 11.8 Å². The fourth-order valence-electron chi connectivity index (χ4n) is 4.98. The van der Waals surface area contributed by atoms with Gasteiger partial charge in [-0.2, -0.15) is 0 Å². The Hall–Kier alpha value is -2.67. The van der Waals surface area contributed by atoms with Crippen molar-refractivity contribution in [3.8, 4) is 0 Å². The predicted molar refractivity (Wildman–Crippen MR) is 148 cm³/mol. The van der Waals surface area contributed by atoms with E-state index in [9.17, 15) is 14.4 Å². The molecule has 7 heteroatoms. The number of likely N-dealkylation sites (N-methyl/N-ethyl adjacent to an activating group) is 2. The summed E-state index contributed by atoms with van der Waals surface area (Å²) in [4.78, 5) is 43.4. The summed E-state index contributed by atoms with van der Waals surface area (Å²) in [7, 11) is 3.72. The normalized spacial score (nSPS) is 20.8. The predicted octanol–water partition coefficient (Wildman–Crippen LogP) is 4.39. The Morgan fingerprint density at radius 1 is 1.19 bits per heavy atom. The molecule has 0 aliphatic carbocycles. The van der Waals surface area contributed by atoms with Crippen LogP contribution >= 0.6 is 0 Å². The summed E-state index contributed by atoms with van der Waals surface area (Å²) in [5, 5.41) is 3.12. The molecule has 0 radical (unpaired) electrons. The van der Waals surface area contributed by atoms with Gasteiger partial charge in [0.15, 0.2) is 0 Å². The summed E-state index contributed by atoms with van der Waals surface area (Å²) in [6.07, 6.45) is 3.50. The highest BCUT2D eigenvalue weighted by molar-refractivity contribution is 5.91. The minimum atomic E-state index is -0.715. The molecule has 1 aromatic rings. The Morgan fingerprint density at radius 3 is 2.35 bits per heavy atom. The SMILES string of the molecule is CCOC(=O)/C(C)=C/[C@H](C(C)C)N(C)C(=O)C(NC(=O)C1CC(c2ccccc2)CCN1C)C(C)(C)C. The van der Waals surface area contributed by atoms with E-state index in [0.717, 1.165) is 13.0 Å². The van der Waals surface area contributed by atoms with Crippen molar-refractivity contribution in [3.63, 3.8) is 0 Å². The van der Waals surface area contributed by atoms with Gasteiger partial charge in [0.25, 0.3) is 0 Å². The van der Waals surface area contributed by atoms with E-state index < -0.39 is 11.5 Å². The highest BCUT2D eigenvalue weighted by Crippen LogP contribution is 2.31. The van der Waals surface area contributed by atoms with Crippen LogP contribution in [0.4, 0.5) is 0 Å². The molecule has 7 nitrogen and oxygen atoms in total. The van der Waals surface area contributed by atoms with E-state index in [4.69, 9.17) is 4.74 Å². The molecule has 0 bridgehead atoms. The second kappa shape index (κ2) is 13.2. The lowest BCUT2D eigenvalue weighted by Crippen LogP contribution is -2.60. The maximum Gasteiger partial charge on any atom is 0.333 e. The molecule has 1 N–H and O–H groups in total. The zero-order valence-corrected chi connectivity index (χ0v) is 24.2. The zero-order chi connectivity index (χ0) is 27.9. The number of rotatable bonds is 9. The maximum atomic E-state index is 13.9. The Balaban J connectivity index is 2.25. The van der Waals surface area contributed by atoms with Gasteiger partial charge in [-0.3, -0.25) is 14.5 Å². The number of carbonyl (C=O) groups excluding carboxylic acids is 3. The third-order valence-electron chi connectivity index (χ3n) is 7.34. The number of nitrogens with zero attached hydrogens (tertiary/aromatic N) is 2. The van der Waals surface area contributed by atoms with Crippen LogP contribution in [0.5, 0.6) is 0 Å². The molecule has 1 heterocycles. The lowest BCUT2D eigenvalue weighted by Gasteiger charge is -2.40. The van der Waals surface area contributed by atoms with Crippen LogP contribution in [0.1, 0.15) is 72.8 Å². The summed E-state index contributed by atoms with van der Waals surface area (Å²) in [6.45, 7) is 14.5. The van der Waals surface area contributed by atoms with Crippen LogP contribution in [0.3, 0.4) is 0 Å². The first kappa shape index (κ1) is 30.6. The molecule has 1 aromatic carbocycles. The summed E-state index contributed by atoms with van der Waals surface area (Å²) < 4.78 is 5.12. The number of nitrogens with one attached hydrogen (secondary N) is 1. The van der Waals surface area contributed by atoms with Gasteiger partial charge < -0.3 is 15.0 Å². The first-order valence-corrected chi connectivity index (χ1v) is 13.5. The van der Waals surface area contributed by atoms with Gasteiger partial charge in [0, 0.05) is 12.6 Å². The van der Waals surface area contributed by atoms with Crippen molar-refractivity contribution in [2.45, 2.75) is 85.4 Å². The summed E-state index contributed by atoms with van der Waals surface area (Å²) >= 11 is 0. The summed E-state index contributed by atoms with van der Waals surface area (Å²) in [5.74, 6) is -0.315. The van der Waals surface area contributed by atoms with E-state index in [2.05, 4.69) is 22.3 Å². The number of carbonyl (C=O) groups is 3. The molecule has 0 saturated carbocycles. The summed E-state index contributed by atoms with van der Waals surface area (Å²) in [5.41, 5.74) is 1.21. The topological polar surface area (TPSA) is 79.0 Å².